The highest BCUT2D eigenvalue weighted by Crippen LogP contribution is 2.34. The number of halogens is 2. The minimum atomic E-state index is -3.30. The summed E-state index contributed by atoms with van der Waals surface area (Å²) in [5, 5.41) is 8.81. The lowest BCUT2D eigenvalue weighted by Gasteiger charge is -2.17. The maximum absolute atomic E-state index is 13.1. The number of carbonyl (C=O) groups is 1. The fraction of sp³-hybridized carbons (Fsp3) is 0.333. The third-order valence-electron chi connectivity index (χ3n) is 2.82. The van der Waals surface area contributed by atoms with E-state index in [1.807, 2.05) is 6.07 Å². The first-order valence-corrected chi connectivity index (χ1v) is 5.27. The number of nitrogens with zero attached hydrogens (tertiary/aromatic N) is 2. The first-order valence-electron chi connectivity index (χ1n) is 5.27. The average molecular weight is 252 g/mol. The molecular weight excluding hydrogens is 242 g/mol. The SMILES string of the molecule is COc1cc(N2CCC(F)(F)C2=O)ccc1C#N. The van der Waals surface area contributed by atoms with Gasteiger partial charge in [-0.15, -0.1) is 0 Å². The number of nitriles is 1. The van der Waals surface area contributed by atoms with Crippen molar-refractivity contribution in [2.45, 2.75) is 12.3 Å². The standard InChI is InChI=1S/C12H10F2N2O2/c1-18-10-6-9(3-2-8(10)7-15)16-5-4-12(13,14)11(16)17/h2-3,6H,4-5H2,1H3. The summed E-state index contributed by atoms with van der Waals surface area (Å²) in [5.41, 5.74) is 0.604. The van der Waals surface area contributed by atoms with Crippen molar-refractivity contribution in [2.75, 3.05) is 18.6 Å². The van der Waals surface area contributed by atoms with Crippen molar-refractivity contribution in [3.8, 4) is 11.8 Å². The molecule has 94 valence electrons. The van der Waals surface area contributed by atoms with Crippen LogP contribution in [0, 0.1) is 11.3 Å². The van der Waals surface area contributed by atoms with Crippen LogP contribution in [-0.2, 0) is 4.79 Å². The van der Waals surface area contributed by atoms with E-state index in [1.54, 1.807) is 0 Å². The number of ether oxygens (including phenoxy) is 1. The molecule has 0 aliphatic carbocycles. The lowest BCUT2D eigenvalue weighted by atomic mass is 10.2. The molecule has 1 aromatic rings. The van der Waals surface area contributed by atoms with Crippen LogP contribution in [0.3, 0.4) is 0 Å². The molecule has 1 aliphatic rings. The Morgan fingerprint density at radius 2 is 2.22 bits per heavy atom. The number of rotatable bonds is 2. The van der Waals surface area contributed by atoms with Gasteiger partial charge in [0.05, 0.1) is 12.7 Å². The minimum absolute atomic E-state index is 0.0408. The van der Waals surface area contributed by atoms with Crippen molar-refractivity contribution in [2.24, 2.45) is 0 Å². The predicted octanol–water partition coefficient (Wildman–Crippen LogP) is 1.94. The van der Waals surface area contributed by atoms with Crippen LogP contribution in [0.4, 0.5) is 14.5 Å². The summed E-state index contributed by atoms with van der Waals surface area (Å²) >= 11 is 0. The highest BCUT2D eigenvalue weighted by atomic mass is 19.3. The zero-order chi connectivity index (χ0) is 13.3. The summed E-state index contributed by atoms with van der Waals surface area (Å²) in [4.78, 5) is 12.5. The van der Waals surface area contributed by atoms with Gasteiger partial charge in [0.15, 0.2) is 0 Å². The van der Waals surface area contributed by atoms with Gasteiger partial charge in [0, 0.05) is 24.7 Å². The van der Waals surface area contributed by atoms with Crippen LogP contribution in [0.25, 0.3) is 0 Å². The molecule has 0 atom stereocenters. The number of anilines is 1. The number of amides is 1. The highest BCUT2D eigenvalue weighted by Gasteiger charge is 2.48. The Labute approximate surface area is 102 Å². The third kappa shape index (κ3) is 1.88. The molecule has 0 spiro atoms. The summed E-state index contributed by atoms with van der Waals surface area (Å²) < 4.78 is 31.2. The predicted molar refractivity (Wildman–Crippen MR) is 59.6 cm³/mol. The Hall–Kier alpha value is -2.16. The van der Waals surface area contributed by atoms with Gasteiger partial charge in [-0.05, 0) is 12.1 Å². The highest BCUT2D eigenvalue weighted by molar-refractivity contribution is 6.00. The molecular formula is C12H10F2N2O2. The fourth-order valence-corrected chi connectivity index (χ4v) is 1.84. The number of hydrogen-bond donors (Lipinski definition) is 0. The number of alkyl halides is 2. The van der Waals surface area contributed by atoms with Crippen molar-refractivity contribution in [1.29, 1.82) is 5.26 Å². The van der Waals surface area contributed by atoms with E-state index in [9.17, 15) is 13.6 Å². The summed E-state index contributed by atoms with van der Waals surface area (Å²) in [6.07, 6.45) is -0.492. The van der Waals surface area contributed by atoms with Crippen molar-refractivity contribution >= 4 is 11.6 Å². The molecule has 1 saturated heterocycles. The van der Waals surface area contributed by atoms with Crippen LogP contribution < -0.4 is 9.64 Å². The Morgan fingerprint density at radius 3 is 2.72 bits per heavy atom. The van der Waals surface area contributed by atoms with Gasteiger partial charge in [-0.25, -0.2) is 0 Å². The number of hydrogen-bond acceptors (Lipinski definition) is 3. The fourth-order valence-electron chi connectivity index (χ4n) is 1.84. The van der Waals surface area contributed by atoms with Gasteiger partial charge in [0.1, 0.15) is 11.8 Å². The first kappa shape index (κ1) is 12.3. The molecule has 0 aromatic heterocycles. The second kappa shape index (κ2) is 4.26. The normalized spacial score (nSPS) is 17.7. The van der Waals surface area contributed by atoms with Crippen molar-refractivity contribution in [1.82, 2.24) is 0 Å². The van der Waals surface area contributed by atoms with E-state index in [2.05, 4.69) is 0 Å². The molecule has 0 radical (unpaired) electrons. The second-order valence-electron chi connectivity index (χ2n) is 3.91. The second-order valence-corrected chi connectivity index (χ2v) is 3.91. The Kier molecular flexibility index (Phi) is 2.91. The number of benzene rings is 1. The summed E-state index contributed by atoms with van der Waals surface area (Å²) in [6.45, 7) is -0.0408. The quantitative estimate of drug-likeness (QED) is 0.808. The van der Waals surface area contributed by atoms with Gasteiger partial charge in [0.2, 0.25) is 0 Å². The smallest absolute Gasteiger partial charge is 0.326 e. The van der Waals surface area contributed by atoms with E-state index in [0.717, 1.165) is 4.90 Å². The molecule has 0 unspecified atom stereocenters. The van der Waals surface area contributed by atoms with E-state index in [0.29, 0.717) is 11.3 Å². The van der Waals surface area contributed by atoms with E-state index >= 15 is 0 Å². The monoisotopic (exact) mass is 252 g/mol. The van der Waals surface area contributed by atoms with Gasteiger partial charge in [-0.3, -0.25) is 4.79 Å². The largest absolute Gasteiger partial charge is 0.495 e. The summed E-state index contributed by atoms with van der Waals surface area (Å²) in [5.74, 6) is -4.26. The van der Waals surface area contributed by atoms with E-state index < -0.39 is 18.3 Å². The van der Waals surface area contributed by atoms with Gasteiger partial charge in [0.25, 0.3) is 5.91 Å². The zero-order valence-corrected chi connectivity index (χ0v) is 9.61. The molecule has 4 nitrogen and oxygen atoms in total. The number of carbonyl (C=O) groups excluding carboxylic acids is 1. The van der Waals surface area contributed by atoms with Crippen LogP contribution >= 0.6 is 0 Å². The Balaban J connectivity index is 2.37. The molecule has 1 heterocycles. The van der Waals surface area contributed by atoms with Gasteiger partial charge < -0.3 is 9.64 Å². The van der Waals surface area contributed by atoms with Crippen LogP contribution in [0.2, 0.25) is 0 Å². The average Bonchev–Trinajstić information content (AvgIpc) is 2.64. The molecule has 6 heteroatoms. The van der Waals surface area contributed by atoms with Crippen LogP contribution in [-0.4, -0.2) is 25.5 Å². The lowest BCUT2D eigenvalue weighted by Crippen LogP contribution is -2.33. The molecule has 1 fully saturated rings. The molecule has 18 heavy (non-hydrogen) atoms. The molecule has 1 aromatic carbocycles. The van der Waals surface area contributed by atoms with Gasteiger partial charge >= 0.3 is 5.92 Å². The Morgan fingerprint density at radius 1 is 1.50 bits per heavy atom. The summed E-state index contributed by atoms with van der Waals surface area (Å²) in [6, 6.07) is 6.23. The van der Waals surface area contributed by atoms with Gasteiger partial charge in [-0.1, -0.05) is 0 Å². The zero-order valence-electron chi connectivity index (χ0n) is 9.61. The molecule has 0 bridgehead atoms. The van der Waals surface area contributed by atoms with E-state index in [1.165, 1.54) is 25.3 Å². The van der Waals surface area contributed by atoms with Crippen molar-refractivity contribution in [3.63, 3.8) is 0 Å². The molecule has 0 N–H and O–H groups in total. The molecule has 1 aliphatic heterocycles. The van der Waals surface area contributed by atoms with Crippen LogP contribution in [0.1, 0.15) is 12.0 Å². The van der Waals surface area contributed by atoms with Crippen LogP contribution in [0.5, 0.6) is 5.75 Å². The van der Waals surface area contributed by atoms with Crippen molar-refractivity contribution < 1.29 is 18.3 Å². The topological polar surface area (TPSA) is 53.3 Å². The van der Waals surface area contributed by atoms with E-state index in [4.69, 9.17) is 10.00 Å². The lowest BCUT2D eigenvalue weighted by molar-refractivity contribution is -0.137. The van der Waals surface area contributed by atoms with Crippen molar-refractivity contribution in [3.05, 3.63) is 23.8 Å². The Bertz CT molecular complexity index is 537. The minimum Gasteiger partial charge on any atom is -0.495 e. The van der Waals surface area contributed by atoms with Crippen LogP contribution in [0.15, 0.2) is 18.2 Å². The molecule has 1 amide bonds. The van der Waals surface area contributed by atoms with Gasteiger partial charge in [-0.2, -0.15) is 14.0 Å². The maximum atomic E-state index is 13.1. The maximum Gasteiger partial charge on any atom is 0.326 e. The number of methoxy groups -OCH3 is 1. The first-order chi connectivity index (χ1) is 8.49. The summed E-state index contributed by atoms with van der Waals surface area (Å²) in [7, 11) is 1.38. The van der Waals surface area contributed by atoms with E-state index in [-0.39, 0.29) is 12.3 Å². The third-order valence-corrected chi connectivity index (χ3v) is 2.82. The molecule has 2 rings (SSSR count). The molecule has 0 saturated carbocycles.